The van der Waals surface area contributed by atoms with E-state index in [-0.39, 0.29) is 5.91 Å². The van der Waals surface area contributed by atoms with Gasteiger partial charge < -0.3 is 16.0 Å². The first kappa shape index (κ1) is 18.3. The van der Waals surface area contributed by atoms with E-state index in [1.54, 1.807) is 7.05 Å². The number of nitrogens with one attached hydrogen (secondary N) is 3. The monoisotopic (exact) mass is 330 g/mol. The third-order valence-electron chi connectivity index (χ3n) is 5.01. The molecule has 0 aliphatic heterocycles. The second-order valence-corrected chi connectivity index (χ2v) is 6.55. The Hall–Kier alpha value is -2.04. The Balaban J connectivity index is 1.86. The lowest BCUT2D eigenvalue weighted by molar-refractivity contribution is 0.0955. The highest BCUT2D eigenvalue weighted by Gasteiger charge is 2.34. The highest BCUT2D eigenvalue weighted by molar-refractivity contribution is 5.94. The molecule has 1 aromatic rings. The molecule has 5 heteroatoms. The molecule has 2 rings (SSSR count). The molecule has 0 atom stereocenters. The predicted octanol–water partition coefficient (Wildman–Crippen LogP) is 2.68. The molecule has 1 fully saturated rings. The molecule has 0 unspecified atom stereocenters. The normalized spacial score (nSPS) is 16.2. The zero-order valence-electron chi connectivity index (χ0n) is 15.1. The van der Waals surface area contributed by atoms with Crippen molar-refractivity contribution in [3.63, 3.8) is 0 Å². The Morgan fingerprint density at radius 1 is 1.21 bits per heavy atom. The van der Waals surface area contributed by atoms with Crippen LogP contribution in [-0.4, -0.2) is 32.0 Å². The summed E-state index contributed by atoms with van der Waals surface area (Å²) in [5.74, 6) is 0.787. The number of benzene rings is 1. The molecular formula is C19H30N4O. The summed E-state index contributed by atoms with van der Waals surface area (Å²) in [6.07, 6.45) is 5.17. The summed E-state index contributed by atoms with van der Waals surface area (Å²) in [5, 5.41) is 9.61. The van der Waals surface area contributed by atoms with E-state index in [0.29, 0.717) is 24.1 Å². The number of hydrogen-bond acceptors (Lipinski definition) is 2. The highest BCUT2D eigenvalue weighted by atomic mass is 16.1. The molecule has 24 heavy (non-hydrogen) atoms. The van der Waals surface area contributed by atoms with Crippen LogP contribution in [0, 0.1) is 5.41 Å². The lowest BCUT2D eigenvalue weighted by Crippen LogP contribution is -2.46. The third-order valence-corrected chi connectivity index (χ3v) is 5.01. The van der Waals surface area contributed by atoms with E-state index in [1.807, 2.05) is 31.2 Å². The fourth-order valence-corrected chi connectivity index (χ4v) is 3.09. The summed E-state index contributed by atoms with van der Waals surface area (Å²) in [5.41, 5.74) is 2.21. The number of nitrogens with zero attached hydrogens (tertiary/aromatic N) is 1. The van der Waals surface area contributed by atoms with Crippen LogP contribution in [-0.2, 0) is 6.54 Å². The van der Waals surface area contributed by atoms with Gasteiger partial charge in [0.15, 0.2) is 5.96 Å². The van der Waals surface area contributed by atoms with Gasteiger partial charge in [-0.05, 0) is 49.3 Å². The van der Waals surface area contributed by atoms with Gasteiger partial charge in [0.1, 0.15) is 0 Å². The van der Waals surface area contributed by atoms with Crippen molar-refractivity contribution in [2.45, 2.75) is 46.1 Å². The number of amides is 1. The molecular weight excluding hydrogens is 300 g/mol. The third kappa shape index (κ3) is 4.73. The molecule has 132 valence electrons. The lowest BCUT2D eigenvalue weighted by atomic mass is 9.67. The van der Waals surface area contributed by atoms with E-state index >= 15 is 0 Å². The van der Waals surface area contributed by atoms with Crippen LogP contribution in [0.15, 0.2) is 29.3 Å². The molecule has 0 saturated heterocycles. The number of aliphatic imine (C=N–C) groups is 1. The first-order valence-electron chi connectivity index (χ1n) is 8.94. The first-order chi connectivity index (χ1) is 11.6. The SMILES string of the molecule is CCNC(=O)c1cccc(CNC(=NC)NCC2(CC)CCC2)c1. The standard InChI is InChI=1S/C19H30N4O/c1-4-19(10-7-11-19)14-23-18(20-3)22-13-15-8-6-9-16(12-15)17(24)21-5-2/h6,8-9,12H,4-5,7,10-11,13-14H2,1-3H3,(H,21,24)(H2,20,22,23). The van der Waals surface area contributed by atoms with Crippen LogP contribution < -0.4 is 16.0 Å². The molecule has 0 spiro atoms. The van der Waals surface area contributed by atoms with E-state index in [4.69, 9.17) is 0 Å². The van der Waals surface area contributed by atoms with Crippen LogP contribution in [0.4, 0.5) is 0 Å². The lowest BCUT2D eigenvalue weighted by Gasteiger charge is -2.41. The van der Waals surface area contributed by atoms with Crippen molar-refractivity contribution in [2.75, 3.05) is 20.1 Å². The Bertz CT molecular complexity index is 573. The van der Waals surface area contributed by atoms with Crippen LogP contribution in [0.5, 0.6) is 0 Å². The van der Waals surface area contributed by atoms with Gasteiger partial charge in [0.05, 0.1) is 0 Å². The number of hydrogen-bond donors (Lipinski definition) is 3. The summed E-state index contributed by atoms with van der Waals surface area (Å²) in [6, 6.07) is 7.69. The number of guanidine groups is 1. The van der Waals surface area contributed by atoms with Crippen molar-refractivity contribution in [3.8, 4) is 0 Å². The molecule has 0 bridgehead atoms. The summed E-state index contributed by atoms with van der Waals surface area (Å²) in [6.45, 7) is 6.44. The van der Waals surface area contributed by atoms with Gasteiger partial charge in [-0.1, -0.05) is 25.5 Å². The quantitative estimate of drug-likeness (QED) is 0.532. The van der Waals surface area contributed by atoms with Gasteiger partial charge in [0.2, 0.25) is 0 Å². The summed E-state index contributed by atoms with van der Waals surface area (Å²) >= 11 is 0. The van der Waals surface area contributed by atoms with E-state index in [9.17, 15) is 4.79 Å². The molecule has 5 nitrogen and oxygen atoms in total. The fourth-order valence-electron chi connectivity index (χ4n) is 3.09. The fraction of sp³-hybridized carbons (Fsp3) is 0.579. The second-order valence-electron chi connectivity index (χ2n) is 6.55. The van der Waals surface area contributed by atoms with Crippen LogP contribution in [0.2, 0.25) is 0 Å². The topological polar surface area (TPSA) is 65.5 Å². The maximum atomic E-state index is 11.9. The van der Waals surface area contributed by atoms with Crippen LogP contribution in [0.3, 0.4) is 0 Å². The molecule has 1 aromatic carbocycles. The Kier molecular flexibility index (Phi) is 6.64. The molecule has 0 radical (unpaired) electrons. The van der Waals surface area contributed by atoms with Gasteiger partial charge in [-0.15, -0.1) is 0 Å². The predicted molar refractivity (Wildman–Crippen MR) is 99.2 cm³/mol. The van der Waals surface area contributed by atoms with E-state index < -0.39 is 0 Å². The highest BCUT2D eigenvalue weighted by Crippen LogP contribution is 2.42. The van der Waals surface area contributed by atoms with Gasteiger partial charge in [0.25, 0.3) is 5.91 Å². The van der Waals surface area contributed by atoms with Crippen LogP contribution >= 0.6 is 0 Å². The number of carbonyl (C=O) groups excluding carboxylic acids is 1. The molecule has 0 heterocycles. The minimum atomic E-state index is -0.0308. The van der Waals surface area contributed by atoms with Gasteiger partial charge >= 0.3 is 0 Å². The van der Waals surface area contributed by atoms with Gasteiger partial charge in [-0.3, -0.25) is 9.79 Å². The molecule has 1 aliphatic rings. The van der Waals surface area contributed by atoms with Crippen LogP contribution in [0.25, 0.3) is 0 Å². The average Bonchev–Trinajstić information content (AvgIpc) is 2.57. The van der Waals surface area contributed by atoms with Crippen molar-refractivity contribution in [2.24, 2.45) is 10.4 Å². The summed E-state index contributed by atoms with van der Waals surface area (Å²) in [7, 11) is 1.79. The maximum Gasteiger partial charge on any atom is 0.251 e. The van der Waals surface area contributed by atoms with E-state index in [2.05, 4.69) is 27.9 Å². The van der Waals surface area contributed by atoms with Crippen molar-refractivity contribution in [1.82, 2.24) is 16.0 Å². The minimum absolute atomic E-state index is 0.0308. The van der Waals surface area contributed by atoms with Gasteiger partial charge in [-0.25, -0.2) is 0 Å². The summed E-state index contributed by atoms with van der Waals surface area (Å²) < 4.78 is 0. The van der Waals surface area contributed by atoms with Crippen molar-refractivity contribution in [3.05, 3.63) is 35.4 Å². The van der Waals surface area contributed by atoms with Crippen molar-refractivity contribution >= 4 is 11.9 Å². The van der Waals surface area contributed by atoms with Crippen molar-refractivity contribution < 1.29 is 4.79 Å². The maximum absolute atomic E-state index is 11.9. The van der Waals surface area contributed by atoms with Gasteiger partial charge in [0, 0.05) is 32.2 Å². The molecule has 1 saturated carbocycles. The molecule has 1 amide bonds. The summed E-state index contributed by atoms with van der Waals surface area (Å²) in [4.78, 5) is 16.2. The Morgan fingerprint density at radius 2 is 2.00 bits per heavy atom. The smallest absolute Gasteiger partial charge is 0.251 e. The zero-order chi connectivity index (χ0) is 17.4. The van der Waals surface area contributed by atoms with Crippen molar-refractivity contribution in [1.29, 1.82) is 0 Å². The van der Waals surface area contributed by atoms with Gasteiger partial charge in [-0.2, -0.15) is 0 Å². The average molecular weight is 330 g/mol. The second kappa shape index (κ2) is 8.71. The largest absolute Gasteiger partial charge is 0.356 e. The molecule has 3 N–H and O–H groups in total. The Morgan fingerprint density at radius 3 is 2.58 bits per heavy atom. The number of rotatable bonds is 7. The van der Waals surface area contributed by atoms with E-state index in [0.717, 1.165) is 18.1 Å². The minimum Gasteiger partial charge on any atom is -0.356 e. The van der Waals surface area contributed by atoms with E-state index in [1.165, 1.54) is 25.7 Å². The zero-order valence-corrected chi connectivity index (χ0v) is 15.1. The van der Waals surface area contributed by atoms with Crippen LogP contribution in [0.1, 0.15) is 55.5 Å². The number of carbonyl (C=O) groups is 1. The molecule has 1 aliphatic carbocycles. The Labute approximate surface area is 145 Å². The molecule has 0 aromatic heterocycles. The first-order valence-corrected chi connectivity index (χ1v) is 8.94.